The van der Waals surface area contributed by atoms with Crippen LogP contribution in [-0.4, -0.2) is 37.3 Å². The Hall–Kier alpha value is -3.43. The second-order valence-electron chi connectivity index (χ2n) is 7.57. The summed E-state index contributed by atoms with van der Waals surface area (Å²) in [6, 6.07) is 15.1. The van der Waals surface area contributed by atoms with E-state index in [2.05, 4.69) is 10.6 Å². The Labute approximate surface area is 214 Å². The van der Waals surface area contributed by atoms with Crippen molar-refractivity contribution in [3.05, 3.63) is 65.0 Å². The predicted octanol–water partition coefficient (Wildman–Crippen LogP) is 5.58. The molecule has 7 nitrogen and oxygen atoms in total. The fraction of sp³-hybridized carbons (Fsp3) is 0.269. The average Bonchev–Trinajstić information content (AvgIpc) is 3.26. The van der Waals surface area contributed by atoms with Crippen molar-refractivity contribution in [1.29, 1.82) is 0 Å². The van der Waals surface area contributed by atoms with Gasteiger partial charge in [-0.3, -0.25) is 4.79 Å². The van der Waals surface area contributed by atoms with E-state index in [0.29, 0.717) is 34.9 Å². The van der Waals surface area contributed by atoms with Gasteiger partial charge in [0, 0.05) is 17.4 Å². The van der Waals surface area contributed by atoms with E-state index in [1.165, 1.54) is 11.3 Å². The van der Waals surface area contributed by atoms with Crippen LogP contribution in [0, 0.1) is 6.92 Å². The lowest BCUT2D eigenvalue weighted by Crippen LogP contribution is -2.34. The highest BCUT2D eigenvalue weighted by atomic mass is 32.1. The number of anilines is 1. The van der Waals surface area contributed by atoms with Crippen LogP contribution in [0.3, 0.4) is 0 Å². The van der Waals surface area contributed by atoms with Gasteiger partial charge in [0.15, 0.2) is 5.11 Å². The number of carbonyl (C=O) groups is 2. The van der Waals surface area contributed by atoms with E-state index in [1.54, 1.807) is 14.0 Å². The second-order valence-corrected chi connectivity index (χ2v) is 8.86. The van der Waals surface area contributed by atoms with Crippen LogP contribution in [-0.2, 0) is 9.53 Å². The molecule has 184 valence electrons. The standard InChI is InChI=1S/C26H28N2O5S2/c1-4-32-25(30)23-21(18-9-13-19(31-3)14-10-18)16-35-24(23)28-26(34)27-22(29)6-5-15-33-20-11-7-17(2)8-12-20/h7-14,16H,4-6,15H2,1-3H3,(H2,27,28,29,34). The highest BCUT2D eigenvalue weighted by Gasteiger charge is 2.22. The zero-order chi connectivity index (χ0) is 25.2. The highest BCUT2D eigenvalue weighted by Crippen LogP contribution is 2.36. The van der Waals surface area contributed by atoms with Crippen LogP contribution in [0.15, 0.2) is 53.9 Å². The van der Waals surface area contributed by atoms with Crippen molar-refractivity contribution in [2.45, 2.75) is 26.7 Å². The largest absolute Gasteiger partial charge is 0.497 e. The van der Waals surface area contributed by atoms with Crippen LogP contribution in [0.2, 0.25) is 0 Å². The molecule has 1 amide bonds. The highest BCUT2D eigenvalue weighted by molar-refractivity contribution is 7.80. The number of methoxy groups -OCH3 is 1. The summed E-state index contributed by atoms with van der Waals surface area (Å²) in [7, 11) is 1.60. The third-order valence-corrected chi connectivity index (χ3v) is 6.09. The van der Waals surface area contributed by atoms with E-state index >= 15 is 0 Å². The van der Waals surface area contributed by atoms with Crippen molar-refractivity contribution in [3.63, 3.8) is 0 Å². The van der Waals surface area contributed by atoms with E-state index in [9.17, 15) is 9.59 Å². The molecular formula is C26H28N2O5S2. The number of thiophene rings is 1. The molecule has 0 unspecified atom stereocenters. The SMILES string of the molecule is CCOC(=O)c1c(-c2ccc(OC)cc2)csc1NC(=S)NC(=O)CCCOc1ccc(C)cc1. The Bertz CT molecular complexity index is 1160. The average molecular weight is 513 g/mol. The van der Waals surface area contributed by atoms with Crippen molar-refractivity contribution in [2.75, 3.05) is 25.6 Å². The van der Waals surface area contributed by atoms with Gasteiger partial charge in [-0.25, -0.2) is 4.79 Å². The summed E-state index contributed by atoms with van der Waals surface area (Å²) >= 11 is 6.62. The molecule has 0 radical (unpaired) electrons. The van der Waals surface area contributed by atoms with Crippen molar-refractivity contribution < 1.29 is 23.8 Å². The van der Waals surface area contributed by atoms with Gasteiger partial charge >= 0.3 is 5.97 Å². The molecule has 0 aliphatic carbocycles. The van der Waals surface area contributed by atoms with Crippen LogP contribution in [0.4, 0.5) is 5.00 Å². The monoisotopic (exact) mass is 512 g/mol. The Kier molecular flexibility index (Phi) is 9.63. The molecular weight excluding hydrogens is 484 g/mol. The van der Waals surface area contributed by atoms with Crippen molar-refractivity contribution in [3.8, 4) is 22.6 Å². The summed E-state index contributed by atoms with van der Waals surface area (Å²) in [6.45, 7) is 4.41. The number of aryl methyl sites for hydroxylation is 1. The molecule has 1 aromatic heterocycles. The number of nitrogens with one attached hydrogen (secondary N) is 2. The first-order chi connectivity index (χ1) is 16.9. The van der Waals surface area contributed by atoms with Crippen LogP contribution >= 0.6 is 23.6 Å². The molecule has 3 rings (SSSR count). The Morgan fingerprint density at radius 3 is 2.37 bits per heavy atom. The maximum Gasteiger partial charge on any atom is 0.341 e. The molecule has 0 aliphatic rings. The number of rotatable bonds is 10. The number of ether oxygens (including phenoxy) is 3. The van der Waals surface area contributed by atoms with Gasteiger partial charge in [0.1, 0.15) is 22.1 Å². The van der Waals surface area contributed by atoms with Crippen LogP contribution in [0.1, 0.15) is 35.7 Å². The summed E-state index contributed by atoms with van der Waals surface area (Å²) in [5.41, 5.74) is 3.07. The molecule has 0 saturated carbocycles. The molecule has 0 atom stereocenters. The lowest BCUT2D eigenvalue weighted by atomic mass is 10.0. The first kappa shape index (κ1) is 26.2. The van der Waals surface area contributed by atoms with Gasteiger partial charge in [-0.15, -0.1) is 11.3 Å². The molecule has 9 heteroatoms. The maximum atomic E-state index is 12.7. The van der Waals surface area contributed by atoms with E-state index in [-0.39, 0.29) is 24.0 Å². The fourth-order valence-corrected chi connectivity index (χ4v) is 4.46. The third-order valence-electron chi connectivity index (χ3n) is 4.99. The number of amides is 1. The van der Waals surface area contributed by atoms with Crippen LogP contribution < -0.4 is 20.1 Å². The van der Waals surface area contributed by atoms with Gasteiger partial charge in [-0.1, -0.05) is 29.8 Å². The van der Waals surface area contributed by atoms with Gasteiger partial charge in [0.2, 0.25) is 5.91 Å². The quantitative estimate of drug-likeness (QED) is 0.208. The van der Waals surface area contributed by atoms with Crippen molar-refractivity contribution >= 4 is 45.5 Å². The van der Waals surface area contributed by atoms with Crippen molar-refractivity contribution in [2.24, 2.45) is 0 Å². The Morgan fingerprint density at radius 1 is 1.03 bits per heavy atom. The minimum absolute atomic E-state index is 0.114. The van der Waals surface area contributed by atoms with Gasteiger partial charge in [-0.2, -0.15) is 0 Å². The lowest BCUT2D eigenvalue weighted by molar-refractivity contribution is -0.119. The van der Waals surface area contributed by atoms with Crippen LogP contribution in [0.5, 0.6) is 11.5 Å². The molecule has 0 aliphatic heterocycles. The normalized spacial score (nSPS) is 10.4. The zero-order valence-corrected chi connectivity index (χ0v) is 21.5. The fourth-order valence-electron chi connectivity index (χ4n) is 3.22. The smallest absolute Gasteiger partial charge is 0.341 e. The first-order valence-electron chi connectivity index (χ1n) is 11.1. The molecule has 2 N–H and O–H groups in total. The number of esters is 1. The minimum Gasteiger partial charge on any atom is -0.497 e. The summed E-state index contributed by atoms with van der Waals surface area (Å²) in [5.74, 6) is 0.780. The number of thiocarbonyl (C=S) groups is 1. The van der Waals surface area contributed by atoms with E-state index < -0.39 is 5.97 Å². The predicted molar refractivity (Wildman–Crippen MR) is 143 cm³/mol. The molecule has 0 spiro atoms. The molecule has 3 aromatic rings. The molecule has 0 fully saturated rings. The molecule has 35 heavy (non-hydrogen) atoms. The van der Waals surface area contributed by atoms with Gasteiger partial charge in [-0.05, 0) is 62.3 Å². The zero-order valence-electron chi connectivity index (χ0n) is 19.9. The first-order valence-corrected chi connectivity index (χ1v) is 12.4. The van der Waals surface area contributed by atoms with E-state index in [4.69, 9.17) is 26.4 Å². The van der Waals surface area contributed by atoms with Gasteiger partial charge in [0.05, 0.1) is 20.3 Å². The topological polar surface area (TPSA) is 85.9 Å². The molecule has 1 heterocycles. The van der Waals surface area contributed by atoms with Crippen LogP contribution in [0.25, 0.3) is 11.1 Å². The molecule has 0 bridgehead atoms. The Morgan fingerprint density at radius 2 is 1.71 bits per heavy atom. The third kappa shape index (κ3) is 7.53. The van der Waals surface area contributed by atoms with Gasteiger partial charge < -0.3 is 24.8 Å². The summed E-state index contributed by atoms with van der Waals surface area (Å²) in [4.78, 5) is 25.0. The number of hydrogen-bond donors (Lipinski definition) is 2. The number of hydrogen-bond acceptors (Lipinski definition) is 7. The summed E-state index contributed by atoms with van der Waals surface area (Å²) in [5, 5.41) is 8.10. The number of benzene rings is 2. The van der Waals surface area contributed by atoms with E-state index in [1.807, 2.05) is 60.8 Å². The molecule has 2 aromatic carbocycles. The summed E-state index contributed by atoms with van der Waals surface area (Å²) < 4.78 is 16.1. The Balaban J connectivity index is 1.59. The maximum absolute atomic E-state index is 12.7. The molecule has 0 saturated heterocycles. The minimum atomic E-state index is -0.468. The summed E-state index contributed by atoms with van der Waals surface area (Å²) in [6.07, 6.45) is 0.789. The number of carbonyl (C=O) groups excluding carboxylic acids is 2. The van der Waals surface area contributed by atoms with Gasteiger partial charge in [0.25, 0.3) is 0 Å². The second kappa shape index (κ2) is 12.9. The lowest BCUT2D eigenvalue weighted by Gasteiger charge is -2.11. The van der Waals surface area contributed by atoms with E-state index in [0.717, 1.165) is 16.9 Å². The van der Waals surface area contributed by atoms with Crippen molar-refractivity contribution in [1.82, 2.24) is 5.32 Å².